The van der Waals surface area contributed by atoms with Crippen molar-refractivity contribution in [2.45, 2.75) is 6.42 Å². The third-order valence-corrected chi connectivity index (χ3v) is 2.78. The molecule has 1 aliphatic heterocycles. The van der Waals surface area contributed by atoms with Crippen LogP contribution >= 0.6 is 0 Å². The number of amides is 1. The summed E-state index contributed by atoms with van der Waals surface area (Å²) in [6.07, 6.45) is 0.375. The lowest BCUT2D eigenvalue weighted by atomic mass is 10.1. The second-order valence-corrected chi connectivity index (χ2v) is 4.23. The van der Waals surface area contributed by atoms with E-state index in [1.54, 1.807) is 19.2 Å². The number of hydrogen-bond acceptors (Lipinski definition) is 5. The summed E-state index contributed by atoms with van der Waals surface area (Å²) in [5.74, 6) is 0.547. The number of hydrogen-bond donors (Lipinski definition) is 2. The highest BCUT2D eigenvalue weighted by Crippen LogP contribution is 2.32. The molecule has 0 atom stereocenters. The smallest absolute Gasteiger partial charge is 0.228 e. The Labute approximate surface area is 111 Å². The van der Waals surface area contributed by atoms with Gasteiger partial charge in [-0.3, -0.25) is 4.79 Å². The number of carbonyl (C=O) groups excluding carboxylic acids is 1. The highest BCUT2D eigenvalue weighted by Gasteiger charge is 2.19. The molecule has 2 rings (SSSR count). The zero-order valence-corrected chi connectivity index (χ0v) is 10.9. The number of anilines is 2. The van der Waals surface area contributed by atoms with Gasteiger partial charge in [0, 0.05) is 18.9 Å². The predicted molar refractivity (Wildman–Crippen MR) is 71.4 cm³/mol. The van der Waals surface area contributed by atoms with Crippen molar-refractivity contribution in [2.75, 3.05) is 44.6 Å². The van der Waals surface area contributed by atoms with E-state index < -0.39 is 0 Å². The van der Waals surface area contributed by atoms with Gasteiger partial charge in [-0.25, -0.2) is 0 Å². The van der Waals surface area contributed by atoms with Crippen LogP contribution in [0.15, 0.2) is 12.1 Å². The number of nitrogens with two attached hydrogens (primary N) is 1. The largest absolute Gasteiger partial charge is 0.489 e. The van der Waals surface area contributed by atoms with Crippen molar-refractivity contribution in [2.24, 2.45) is 0 Å². The van der Waals surface area contributed by atoms with Gasteiger partial charge in [0.25, 0.3) is 0 Å². The van der Waals surface area contributed by atoms with Gasteiger partial charge in [0.1, 0.15) is 12.4 Å². The summed E-state index contributed by atoms with van der Waals surface area (Å²) in [6.45, 7) is 1.97. The summed E-state index contributed by atoms with van der Waals surface area (Å²) in [6, 6.07) is 3.53. The maximum Gasteiger partial charge on any atom is 0.228 e. The van der Waals surface area contributed by atoms with Gasteiger partial charge in [-0.2, -0.15) is 0 Å². The van der Waals surface area contributed by atoms with Crippen LogP contribution in [-0.2, 0) is 20.7 Å². The minimum Gasteiger partial charge on any atom is -0.489 e. The molecule has 19 heavy (non-hydrogen) atoms. The molecule has 6 nitrogen and oxygen atoms in total. The number of rotatable bonds is 7. The van der Waals surface area contributed by atoms with Crippen molar-refractivity contribution in [1.29, 1.82) is 0 Å². The minimum atomic E-state index is -0.0190. The van der Waals surface area contributed by atoms with Gasteiger partial charge in [-0.05, 0) is 11.6 Å². The quantitative estimate of drug-likeness (QED) is 0.563. The summed E-state index contributed by atoms with van der Waals surface area (Å²) in [5, 5.41) is 2.76. The Morgan fingerprint density at radius 2 is 2.05 bits per heavy atom. The van der Waals surface area contributed by atoms with E-state index in [2.05, 4.69) is 5.32 Å². The zero-order valence-electron chi connectivity index (χ0n) is 10.9. The molecule has 1 aromatic rings. The van der Waals surface area contributed by atoms with Gasteiger partial charge in [-0.1, -0.05) is 0 Å². The molecule has 0 saturated heterocycles. The first-order valence-electron chi connectivity index (χ1n) is 6.12. The highest BCUT2D eigenvalue weighted by atomic mass is 16.5. The van der Waals surface area contributed by atoms with E-state index in [-0.39, 0.29) is 5.91 Å². The number of carbonyl (C=O) groups is 1. The molecule has 0 unspecified atom stereocenters. The third kappa shape index (κ3) is 3.59. The van der Waals surface area contributed by atoms with Gasteiger partial charge >= 0.3 is 0 Å². The molecular weight excluding hydrogens is 248 g/mol. The third-order valence-electron chi connectivity index (χ3n) is 2.78. The summed E-state index contributed by atoms with van der Waals surface area (Å²) >= 11 is 0. The van der Waals surface area contributed by atoms with Crippen LogP contribution in [0.3, 0.4) is 0 Å². The number of nitrogen functional groups attached to an aromatic ring is 1. The first-order valence-corrected chi connectivity index (χ1v) is 6.12. The van der Waals surface area contributed by atoms with Crippen LogP contribution in [-0.4, -0.2) is 39.4 Å². The Morgan fingerprint density at radius 1 is 1.26 bits per heavy atom. The van der Waals surface area contributed by atoms with E-state index in [9.17, 15) is 4.79 Å². The molecule has 6 heteroatoms. The normalized spacial score (nSPS) is 13.2. The maximum absolute atomic E-state index is 11.3. The van der Waals surface area contributed by atoms with Gasteiger partial charge in [0.2, 0.25) is 5.91 Å². The van der Waals surface area contributed by atoms with Crippen LogP contribution in [0.4, 0.5) is 11.4 Å². The Hall–Kier alpha value is -1.79. The number of fused-ring (bicyclic) bond motifs is 1. The first kappa shape index (κ1) is 13.6. The van der Waals surface area contributed by atoms with Crippen LogP contribution in [0.25, 0.3) is 0 Å². The fourth-order valence-corrected chi connectivity index (χ4v) is 1.85. The van der Waals surface area contributed by atoms with E-state index in [1.165, 1.54) is 0 Å². The molecular formula is C13H18N2O4. The number of benzene rings is 1. The van der Waals surface area contributed by atoms with Gasteiger partial charge in [0.05, 0.1) is 31.9 Å². The van der Waals surface area contributed by atoms with Crippen molar-refractivity contribution < 1.29 is 19.0 Å². The van der Waals surface area contributed by atoms with E-state index in [0.717, 1.165) is 11.3 Å². The molecule has 0 aromatic heterocycles. The molecule has 0 saturated carbocycles. The minimum absolute atomic E-state index is 0.0190. The van der Waals surface area contributed by atoms with Crippen LogP contribution in [0.1, 0.15) is 5.56 Å². The molecule has 0 spiro atoms. The SMILES string of the molecule is COCCOCCOc1cc2c(cc1N)CC(=O)N2. The maximum atomic E-state index is 11.3. The van der Waals surface area contributed by atoms with Crippen molar-refractivity contribution in [3.8, 4) is 5.75 Å². The van der Waals surface area contributed by atoms with Gasteiger partial charge in [0.15, 0.2) is 0 Å². The van der Waals surface area contributed by atoms with Crippen LogP contribution in [0.2, 0.25) is 0 Å². The molecule has 0 fully saturated rings. The molecule has 1 aliphatic rings. The van der Waals surface area contributed by atoms with Crippen molar-refractivity contribution >= 4 is 17.3 Å². The zero-order chi connectivity index (χ0) is 13.7. The summed E-state index contributed by atoms with van der Waals surface area (Å²) in [4.78, 5) is 11.3. The molecule has 1 amide bonds. The summed E-state index contributed by atoms with van der Waals surface area (Å²) < 4.78 is 15.7. The Balaban J connectivity index is 1.84. The summed E-state index contributed by atoms with van der Waals surface area (Å²) in [5.41, 5.74) is 8.09. The lowest BCUT2D eigenvalue weighted by Gasteiger charge is -2.11. The summed E-state index contributed by atoms with van der Waals surface area (Å²) in [7, 11) is 1.62. The average molecular weight is 266 g/mol. The van der Waals surface area contributed by atoms with Crippen molar-refractivity contribution in [1.82, 2.24) is 0 Å². The van der Waals surface area contributed by atoms with Crippen LogP contribution < -0.4 is 15.8 Å². The fourth-order valence-electron chi connectivity index (χ4n) is 1.85. The van der Waals surface area contributed by atoms with Crippen LogP contribution in [0.5, 0.6) is 5.75 Å². The lowest BCUT2D eigenvalue weighted by molar-refractivity contribution is -0.115. The Bertz CT molecular complexity index is 462. The molecule has 1 aromatic carbocycles. The molecule has 1 heterocycles. The first-order chi connectivity index (χ1) is 9.20. The lowest BCUT2D eigenvalue weighted by Crippen LogP contribution is -2.10. The standard InChI is InChI=1S/C13H18N2O4/c1-17-2-3-18-4-5-19-12-8-11-9(6-10(12)14)7-13(16)15-11/h6,8H,2-5,7,14H2,1H3,(H,15,16). The predicted octanol–water partition coefficient (Wildman–Crippen LogP) is 0.805. The molecule has 0 aliphatic carbocycles. The second-order valence-electron chi connectivity index (χ2n) is 4.23. The molecule has 0 radical (unpaired) electrons. The number of methoxy groups -OCH3 is 1. The van der Waals surface area contributed by atoms with E-state index in [1.807, 2.05) is 0 Å². The monoisotopic (exact) mass is 266 g/mol. The van der Waals surface area contributed by atoms with Gasteiger partial charge < -0.3 is 25.3 Å². The van der Waals surface area contributed by atoms with E-state index in [4.69, 9.17) is 19.9 Å². The van der Waals surface area contributed by atoms with Gasteiger partial charge in [-0.15, -0.1) is 0 Å². The average Bonchev–Trinajstić information content (AvgIpc) is 2.72. The van der Waals surface area contributed by atoms with Crippen molar-refractivity contribution in [3.05, 3.63) is 17.7 Å². The van der Waals surface area contributed by atoms with E-state index in [0.29, 0.717) is 44.3 Å². The van der Waals surface area contributed by atoms with Crippen LogP contribution in [0, 0.1) is 0 Å². The Morgan fingerprint density at radius 3 is 2.84 bits per heavy atom. The molecule has 3 N–H and O–H groups in total. The second kappa shape index (κ2) is 6.40. The van der Waals surface area contributed by atoms with Crippen molar-refractivity contribution in [3.63, 3.8) is 0 Å². The topological polar surface area (TPSA) is 82.8 Å². The number of ether oxygens (including phenoxy) is 3. The molecule has 0 bridgehead atoms. The Kier molecular flexibility index (Phi) is 4.59. The molecule has 104 valence electrons. The number of nitrogens with one attached hydrogen (secondary N) is 1. The van der Waals surface area contributed by atoms with E-state index >= 15 is 0 Å². The fraction of sp³-hybridized carbons (Fsp3) is 0.462. The highest BCUT2D eigenvalue weighted by molar-refractivity contribution is 6.00.